The fraction of sp³-hybridized carbons (Fsp3) is 0.0625. The molecule has 0 aliphatic carbocycles. The maximum absolute atomic E-state index is 2.24. The average molecular weight is 220 g/mol. The van der Waals surface area contributed by atoms with Gasteiger partial charge in [-0.1, -0.05) is 60.7 Å². The summed E-state index contributed by atoms with van der Waals surface area (Å²) in [6.07, 6.45) is 4.23. The van der Waals surface area contributed by atoms with E-state index in [2.05, 4.69) is 83.7 Å². The molecular weight excluding hydrogens is 206 g/mol. The molecule has 1 heteroatoms. The van der Waals surface area contributed by atoms with Crippen LogP contribution in [-0.2, 0) is 0 Å². The van der Waals surface area contributed by atoms with Crippen LogP contribution >= 0.6 is 0 Å². The van der Waals surface area contributed by atoms with E-state index in [1.54, 1.807) is 0 Å². The summed E-state index contributed by atoms with van der Waals surface area (Å²) in [6, 6.07) is 23.6. The van der Waals surface area contributed by atoms with Crippen molar-refractivity contribution in [3.05, 3.63) is 90.3 Å². The van der Waals surface area contributed by atoms with Crippen LogP contribution in [0.15, 0.2) is 79.1 Å². The van der Waals surface area contributed by atoms with E-state index >= 15 is 0 Å². The summed E-state index contributed by atoms with van der Waals surface area (Å²) in [4.78, 5) is 0. The highest BCUT2D eigenvalue weighted by molar-refractivity contribution is 5.33. The van der Waals surface area contributed by atoms with Crippen LogP contribution in [0.1, 0.15) is 17.2 Å². The van der Waals surface area contributed by atoms with Crippen LogP contribution in [-0.4, -0.2) is 4.57 Å². The lowest BCUT2D eigenvalue weighted by atomic mass is 9.98. The minimum atomic E-state index is 0.294. The van der Waals surface area contributed by atoms with E-state index in [9.17, 15) is 0 Å². The average Bonchev–Trinajstić information content (AvgIpc) is 2.36. The Labute approximate surface area is 101 Å². The number of hydrogen-bond acceptors (Lipinski definition) is 0. The Morgan fingerprint density at radius 3 is 1.59 bits per heavy atom. The number of benzene rings is 2. The van der Waals surface area contributed by atoms with E-state index in [-0.39, 0.29) is 0 Å². The van der Waals surface area contributed by atoms with Crippen LogP contribution in [0.2, 0.25) is 0 Å². The Hall–Kier alpha value is -2.15. The number of hydrogen-bond donors (Lipinski definition) is 0. The Morgan fingerprint density at radius 1 is 0.765 bits per heavy atom. The van der Waals surface area contributed by atoms with Crippen molar-refractivity contribution in [2.24, 2.45) is 0 Å². The van der Waals surface area contributed by atoms with Crippen LogP contribution in [0, 0.1) is 0 Å². The minimum absolute atomic E-state index is 0.294. The molecule has 0 N–H and O–H groups in total. The molecule has 0 bridgehead atoms. The normalized spacial score (nSPS) is 10.9. The third kappa shape index (κ3) is 1.92. The molecule has 0 saturated carbocycles. The summed E-state index contributed by atoms with van der Waals surface area (Å²) in [5.74, 6) is 0. The van der Waals surface area contributed by atoms with E-state index in [0.717, 1.165) is 0 Å². The molecule has 0 atom stereocenters. The van der Waals surface area contributed by atoms with Crippen molar-refractivity contribution >= 4 is 0 Å². The molecule has 1 heterocycles. The predicted octanol–water partition coefficient (Wildman–Crippen LogP) is 3.84. The molecule has 3 rings (SSSR count). The molecule has 0 amide bonds. The number of aromatic nitrogens is 1. The Balaban J connectivity index is 2.07. The predicted molar refractivity (Wildman–Crippen MR) is 70.2 cm³/mol. The molecule has 3 aromatic rings. The Morgan fingerprint density at radius 2 is 1.24 bits per heavy atom. The van der Waals surface area contributed by atoms with E-state index in [0.29, 0.717) is 6.04 Å². The maximum atomic E-state index is 2.24. The van der Waals surface area contributed by atoms with Crippen molar-refractivity contribution in [2.75, 3.05) is 0 Å². The van der Waals surface area contributed by atoms with E-state index in [4.69, 9.17) is 0 Å². The van der Waals surface area contributed by atoms with Crippen molar-refractivity contribution in [1.82, 2.24) is 4.57 Å². The third-order valence-electron chi connectivity index (χ3n) is 3.05. The van der Waals surface area contributed by atoms with Gasteiger partial charge in [0, 0.05) is 0 Å². The molecular formula is C16H14N-. The van der Waals surface area contributed by atoms with Gasteiger partial charge >= 0.3 is 0 Å². The second-order valence-electron chi connectivity index (χ2n) is 4.16. The van der Waals surface area contributed by atoms with Gasteiger partial charge in [0.25, 0.3) is 0 Å². The lowest BCUT2D eigenvalue weighted by Gasteiger charge is -2.28. The lowest BCUT2D eigenvalue weighted by molar-refractivity contribution is 0.654. The van der Waals surface area contributed by atoms with Gasteiger partial charge < -0.3 is 4.57 Å². The first kappa shape index (κ1) is 10.0. The zero-order chi connectivity index (χ0) is 11.5. The molecule has 0 spiro atoms. The lowest BCUT2D eigenvalue weighted by Crippen LogP contribution is -2.13. The summed E-state index contributed by atoms with van der Waals surface area (Å²) >= 11 is 0. The number of rotatable bonds is 3. The first-order valence-corrected chi connectivity index (χ1v) is 5.84. The van der Waals surface area contributed by atoms with E-state index < -0.39 is 0 Å². The van der Waals surface area contributed by atoms with Gasteiger partial charge in [0.15, 0.2) is 0 Å². The highest BCUT2D eigenvalue weighted by atomic mass is 15.0. The quantitative estimate of drug-likeness (QED) is 0.591. The smallest absolute Gasteiger partial charge is 0.0620 e. The summed E-state index contributed by atoms with van der Waals surface area (Å²) < 4.78 is 2.24. The van der Waals surface area contributed by atoms with Crippen LogP contribution in [0.25, 0.3) is 0 Å². The molecule has 17 heavy (non-hydrogen) atoms. The topological polar surface area (TPSA) is 4.93 Å². The second kappa shape index (κ2) is 4.38. The van der Waals surface area contributed by atoms with Crippen molar-refractivity contribution < 1.29 is 0 Å². The van der Waals surface area contributed by atoms with Crippen LogP contribution in [0.5, 0.6) is 0 Å². The highest BCUT2D eigenvalue weighted by Crippen LogP contribution is 2.26. The van der Waals surface area contributed by atoms with E-state index in [1.807, 2.05) is 0 Å². The SMILES string of the molecule is c1ccc(C(c2ccccc2)n2cc[cH-]2)cc1. The largest absolute Gasteiger partial charge is 0.449 e. The van der Waals surface area contributed by atoms with Gasteiger partial charge in [-0.3, -0.25) is 0 Å². The second-order valence-corrected chi connectivity index (χ2v) is 4.16. The third-order valence-corrected chi connectivity index (χ3v) is 3.05. The summed E-state index contributed by atoms with van der Waals surface area (Å²) in [7, 11) is 0. The van der Waals surface area contributed by atoms with E-state index in [1.165, 1.54) is 11.1 Å². The molecule has 2 aromatic carbocycles. The first-order chi connectivity index (χ1) is 8.45. The fourth-order valence-electron chi connectivity index (χ4n) is 2.16. The molecule has 1 nitrogen and oxygen atoms in total. The summed E-state index contributed by atoms with van der Waals surface area (Å²) in [6.45, 7) is 0. The summed E-state index contributed by atoms with van der Waals surface area (Å²) in [5, 5.41) is 0. The first-order valence-electron chi connectivity index (χ1n) is 5.84. The molecule has 0 saturated heterocycles. The Bertz CT molecular complexity index is 511. The van der Waals surface area contributed by atoms with Crippen molar-refractivity contribution in [3.8, 4) is 0 Å². The molecule has 0 fully saturated rings. The van der Waals surface area contributed by atoms with Crippen molar-refractivity contribution in [1.29, 1.82) is 0 Å². The molecule has 0 aliphatic heterocycles. The van der Waals surface area contributed by atoms with Crippen LogP contribution < -0.4 is 0 Å². The molecule has 0 unspecified atom stereocenters. The van der Waals surface area contributed by atoms with Gasteiger partial charge in [-0.05, 0) is 11.1 Å². The monoisotopic (exact) mass is 220 g/mol. The Kier molecular flexibility index (Phi) is 2.59. The molecule has 84 valence electrons. The molecule has 0 aliphatic rings. The summed E-state index contributed by atoms with van der Waals surface area (Å²) in [5.41, 5.74) is 2.64. The number of nitrogens with zero attached hydrogens (tertiary/aromatic N) is 1. The van der Waals surface area contributed by atoms with Gasteiger partial charge in [-0.25, -0.2) is 0 Å². The van der Waals surface area contributed by atoms with Gasteiger partial charge in [0.05, 0.1) is 6.04 Å². The van der Waals surface area contributed by atoms with Gasteiger partial charge in [-0.15, -0.1) is 18.5 Å². The molecule has 0 radical (unpaired) electrons. The minimum Gasteiger partial charge on any atom is -0.449 e. The highest BCUT2D eigenvalue weighted by Gasteiger charge is 2.12. The zero-order valence-electron chi connectivity index (χ0n) is 9.53. The van der Waals surface area contributed by atoms with Gasteiger partial charge in [-0.2, -0.15) is 0 Å². The standard InChI is InChI=1S/C16H14N/c1-3-8-14(9-4-1)16(17-12-7-13-17)15-10-5-2-6-11-15/h1-13,16H/q-1. The van der Waals surface area contributed by atoms with Gasteiger partial charge in [0.1, 0.15) is 0 Å². The fourth-order valence-corrected chi connectivity index (χ4v) is 2.16. The van der Waals surface area contributed by atoms with Crippen molar-refractivity contribution in [3.63, 3.8) is 0 Å². The van der Waals surface area contributed by atoms with Crippen LogP contribution in [0.3, 0.4) is 0 Å². The van der Waals surface area contributed by atoms with Crippen molar-refractivity contribution in [2.45, 2.75) is 6.04 Å². The maximum Gasteiger partial charge on any atom is 0.0620 e. The van der Waals surface area contributed by atoms with Crippen LogP contribution in [0.4, 0.5) is 0 Å². The zero-order valence-corrected chi connectivity index (χ0v) is 9.53. The molecule has 1 aromatic heterocycles. The van der Waals surface area contributed by atoms with Gasteiger partial charge in [0.2, 0.25) is 0 Å².